The van der Waals surface area contributed by atoms with Gasteiger partial charge in [-0.3, -0.25) is 9.59 Å². The number of carbonyl (C=O) groups excluding carboxylic acids is 2. The number of nitrogens with one attached hydrogen (secondary N) is 1. The molecule has 1 fully saturated rings. The molecule has 1 aliphatic rings. The van der Waals surface area contributed by atoms with Crippen LogP contribution in [0.3, 0.4) is 0 Å². The monoisotopic (exact) mass is 1090 g/mol. The molecule has 8 unspecified atom stereocenters. The van der Waals surface area contributed by atoms with Crippen LogP contribution >= 0.6 is 0 Å². The first-order valence-electron chi connectivity index (χ1n) is 33.1. The number of hydrogen-bond donors (Lipinski definition) is 6. The van der Waals surface area contributed by atoms with Crippen molar-refractivity contribution in [3.8, 4) is 0 Å². The minimum atomic E-state index is -1.61. The molecule has 0 aromatic carbocycles. The molecule has 1 saturated heterocycles. The Morgan fingerprint density at radius 1 is 0.494 bits per heavy atom. The van der Waals surface area contributed by atoms with Gasteiger partial charge in [0.25, 0.3) is 0 Å². The van der Waals surface area contributed by atoms with Gasteiger partial charge in [0.15, 0.2) is 12.4 Å². The van der Waals surface area contributed by atoms with Crippen molar-refractivity contribution in [1.29, 1.82) is 0 Å². The molecule has 6 N–H and O–H groups in total. The molecule has 0 bridgehead atoms. The predicted octanol–water partition coefficient (Wildman–Crippen LogP) is 16.1. The van der Waals surface area contributed by atoms with E-state index in [0.717, 1.165) is 64.2 Å². The third-order valence-electron chi connectivity index (χ3n) is 15.9. The summed E-state index contributed by atoms with van der Waals surface area (Å²) in [5.41, 5.74) is 0. The zero-order chi connectivity index (χ0) is 56.1. The van der Waals surface area contributed by atoms with Crippen LogP contribution in [0.2, 0.25) is 0 Å². The maximum atomic E-state index is 13.4. The molecule has 454 valence electrons. The number of esters is 1. The highest BCUT2D eigenvalue weighted by molar-refractivity contribution is 5.80. The summed E-state index contributed by atoms with van der Waals surface area (Å²) in [7, 11) is 0. The summed E-state index contributed by atoms with van der Waals surface area (Å²) in [5.74, 6) is -1.20. The first kappa shape index (κ1) is 73.2. The maximum absolute atomic E-state index is 13.4. The minimum Gasteiger partial charge on any atom is -0.454 e. The lowest BCUT2D eigenvalue weighted by Gasteiger charge is -2.41. The Labute approximate surface area is 473 Å². The number of hydrogen-bond acceptors (Lipinski definition) is 10. The Morgan fingerprint density at radius 2 is 0.857 bits per heavy atom. The lowest BCUT2D eigenvalue weighted by molar-refractivity contribution is -0.305. The van der Waals surface area contributed by atoms with Crippen LogP contribution in [0.25, 0.3) is 0 Å². The number of unbranched alkanes of at least 4 members (excludes halogenated alkanes) is 41. The molecule has 11 heteroatoms. The van der Waals surface area contributed by atoms with E-state index in [0.29, 0.717) is 19.3 Å². The zero-order valence-electron chi connectivity index (χ0n) is 50.4. The van der Waals surface area contributed by atoms with E-state index in [4.69, 9.17) is 14.2 Å². The van der Waals surface area contributed by atoms with E-state index in [2.05, 4.69) is 38.2 Å². The molecule has 0 aliphatic carbocycles. The molecule has 1 rings (SSSR count). The highest BCUT2D eigenvalue weighted by Gasteiger charge is 2.47. The molecule has 0 spiro atoms. The van der Waals surface area contributed by atoms with Gasteiger partial charge in [-0.1, -0.05) is 289 Å². The molecule has 0 aromatic heterocycles. The molecule has 1 aliphatic heterocycles. The first-order valence-corrected chi connectivity index (χ1v) is 33.1. The number of rotatable bonds is 57. The van der Waals surface area contributed by atoms with E-state index < -0.39 is 67.4 Å². The summed E-state index contributed by atoms with van der Waals surface area (Å²) in [5, 5.41) is 57.0. The van der Waals surface area contributed by atoms with Gasteiger partial charge in [-0.2, -0.15) is 0 Å². The smallest absolute Gasteiger partial charge is 0.306 e. The van der Waals surface area contributed by atoms with Gasteiger partial charge < -0.3 is 45.1 Å². The van der Waals surface area contributed by atoms with Crippen molar-refractivity contribution in [3.05, 3.63) is 24.3 Å². The van der Waals surface area contributed by atoms with Crippen molar-refractivity contribution in [2.24, 2.45) is 0 Å². The van der Waals surface area contributed by atoms with E-state index in [1.807, 2.05) is 6.08 Å². The third kappa shape index (κ3) is 42.6. The SMILES string of the molecule is CCCCCCCCC/C=C\CCCCCC(=O)OC1C(OCC(NC(=O)C(O)CCCCCCCCCCCCCCCCCCCCCCCC)C(O)/C=C/CCCCCCCCCCCC)OC(CO)C(O)C1O. The molecule has 11 nitrogen and oxygen atoms in total. The third-order valence-corrected chi connectivity index (χ3v) is 15.9. The number of aliphatic hydroxyl groups excluding tert-OH is 5. The van der Waals surface area contributed by atoms with Crippen LogP contribution in [0.15, 0.2) is 24.3 Å². The van der Waals surface area contributed by atoms with Crippen molar-refractivity contribution >= 4 is 11.9 Å². The Morgan fingerprint density at radius 3 is 1.26 bits per heavy atom. The lowest BCUT2D eigenvalue weighted by atomic mass is 9.99. The largest absolute Gasteiger partial charge is 0.454 e. The Bertz CT molecular complexity index is 1350. The molecule has 8 atom stereocenters. The van der Waals surface area contributed by atoms with Crippen LogP contribution in [0.1, 0.15) is 323 Å². The van der Waals surface area contributed by atoms with Crippen LogP contribution < -0.4 is 5.32 Å². The number of aliphatic hydroxyl groups is 5. The van der Waals surface area contributed by atoms with E-state index in [1.165, 1.54) is 212 Å². The average Bonchev–Trinajstić information content (AvgIpc) is 3.43. The summed E-state index contributed by atoms with van der Waals surface area (Å²) >= 11 is 0. The molecule has 0 radical (unpaired) electrons. The van der Waals surface area contributed by atoms with Crippen molar-refractivity contribution in [3.63, 3.8) is 0 Å². The minimum absolute atomic E-state index is 0.107. The van der Waals surface area contributed by atoms with Crippen molar-refractivity contribution in [1.82, 2.24) is 5.32 Å². The topological polar surface area (TPSA) is 175 Å². The summed E-state index contributed by atoms with van der Waals surface area (Å²) in [4.78, 5) is 26.5. The Hall–Kier alpha value is -1.86. The molecule has 0 aromatic rings. The van der Waals surface area contributed by atoms with E-state index in [1.54, 1.807) is 6.08 Å². The molecular formula is C66H125NO10. The maximum Gasteiger partial charge on any atom is 0.306 e. The van der Waals surface area contributed by atoms with Crippen molar-refractivity contribution < 1.29 is 49.3 Å². The van der Waals surface area contributed by atoms with Gasteiger partial charge in [0.1, 0.15) is 24.4 Å². The normalized spacial score (nSPS) is 19.1. The van der Waals surface area contributed by atoms with Gasteiger partial charge in [-0.05, 0) is 51.4 Å². The Balaban J connectivity index is 2.61. The molecular weight excluding hydrogens is 967 g/mol. The lowest BCUT2D eigenvalue weighted by Crippen LogP contribution is -2.61. The van der Waals surface area contributed by atoms with E-state index >= 15 is 0 Å². The summed E-state index contributed by atoms with van der Waals surface area (Å²) < 4.78 is 17.6. The van der Waals surface area contributed by atoms with Gasteiger partial charge in [0, 0.05) is 6.42 Å². The fourth-order valence-corrected chi connectivity index (χ4v) is 10.6. The first-order chi connectivity index (χ1) is 37.7. The van der Waals surface area contributed by atoms with Crippen LogP contribution in [0.5, 0.6) is 0 Å². The summed E-state index contributed by atoms with van der Waals surface area (Å²) in [6, 6.07) is -1.02. The standard InChI is InChI=1S/C66H125NO10/c1-4-7-10-13-16-19-22-25-27-28-29-30-31-32-33-34-35-38-41-44-47-50-53-59(70)65(74)67-57(58(69)52-49-46-43-40-37-24-21-18-15-12-9-6-3)56-75-66-64(63(73)62(72)60(55-68)76-66)77-61(71)54-51-48-45-42-39-36-26-23-20-17-14-11-8-5-2/h36,39,49,52,57-60,62-64,66,68-70,72-73H,4-35,37-38,40-48,50-51,53-56H2,1-3H3,(H,67,74)/b39-36-,52-49+. The quantitative estimate of drug-likeness (QED) is 0.0195. The van der Waals surface area contributed by atoms with Gasteiger partial charge >= 0.3 is 5.97 Å². The fraction of sp³-hybridized carbons (Fsp3) is 0.909. The van der Waals surface area contributed by atoms with Gasteiger partial charge in [-0.25, -0.2) is 0 Å². The van der Waals surface area contributed by atoms with Gasteiger partial charge in [0.2, 0.25) is 5.91 Å². The predicted molar refractivity (Wildman–Crippen MR) is 320 cm³/mol. The highest BCUT2D eigenvalue weighted by atomic mass is 16.7. The Kier molecular flexibility index (Phi) is 52.0. The van der Waals surface area contributed by atoms with E-state index in [-0.39, 0.29) is 13.0 Å². The second-order valence-corrected chi connectivity index (χ2v) is 23.2. The molecule has 77 heavy (non-hydrogen) atoms. The molecule has 0 saturated carbocycles. The van der Waals surface area contributed by atoms with Crippen molar-refractivity contribution in [2.75, 3.05) is 13.2 Å². The van der Waals surface area contributed by atoms with Crippen molar-refractivity contribution in [2.45, 2.75) is 372 Å². The van der Waals surface area contributed by atoms with E-state index in [9.17, 15) is 35.1 Å². The van der Waals surface area contributed by atoms with Crippen LogP contribution in [0.4, 0.5) is 0 Å². The van der Waals surface area contributed by atoms with Crippen LogP contribution in [-0.2, 0) is 23.8 Å². The highest BCUT2D eigenvalue weighted by Crippen LogP contribution is 2.26. The number of ether oxygens (including phenoxy) is 3. The molecule has 1 heterocycles. The fourth-order valence-electron chi connectivity index (χ4n) is 10.6. The molecule has 1 amide bonds. The van der Waals surface area contributed by atoms with Crippen LogP contribution in [-0.4, -0.2) is 99.6 Å². The second kappa shape index (κ2) is 54.7. The second-order valence-electron chi connectivity index (χ2n) is 23.2. The number of amides is 1. The average molecular weight is 1090 g/mol. The zero-order valence-corrected chi connectivity index (χ0v) is 50.4. The van der Waals surface area contributed by atoms with Crippen LogP contribution in [0, 0.1) is 0 Å². The van der Waals surface area contributed by atoms with Gasteiger partial charge in [-0.15, -0.1) is 0 Å². The number of carbonyl (C=O) groups is 2. The summed E-state index contributed by atoms with van der Waals surface area (Å²) in [6.45, 7) is 5.81. The summed E-state index contributed by atoms with van der Waals surface area (Å²) in [6.07, 6.45) is 53.7. The number of allylic oxidation sites excluding steroid dienone is 3. The van der Waals surface area contributed by atoms with Gasteiger partial charge in [0.05, 0.1) is 25.4 Å².